The minimum atomic E-state index is -3.95. The molecular formula is C35H48N6O7S. The Labute approximate surface area is 288 Å². The number of sulfonamides is 1. The number of carboxylic acids is 1. The number of hydrogen-bond donors (Lipinski definition) is 3. The third-order valence-corrected chi connectivity index (χ3v) is 10.3. The summed E-state index contributed by atoms with van der Waals surface area (Å²) >= 11 is 0. The number of aromatic carboxylic acids is 1. The summed E-state index contributed by atoms with van der Waals surface area (Å²) in [5.41, 5.74) is 7.59. The number of primary amides is 1. The number of carbonyl (C=O) groups is 3. The monoisotopic (exact) mass is 696 g/mol. The molecule has 3 aromatic rings. The first-order valence-corrected chi connectivity index (χ1v) is 18.4. The Morgan fingerprint density at radius 3 is 2.18 bits per heavy atom. The number of rotatable bonds is 9. The van der Waals surface area contributed by atoms with Gasteiger partial charge < -0.3 is 29.9 Å². The fraction of sp³-hybridized carbons (Fsp3) is 0.514. The van der Waals surface area contributed by atoms with E-state index in [2.05, 4.69) is 21.6 Å². The van der Waals surface area contributed by atoms with Gasteiger partial charge in [-0.25, -0.2) is 13.2 Å². The van der Waals surface area contributed by atoms with Crippen LogP contribution in [0.1, 0.15) is 65.6 Å². The van der Waals surface area contributed by atoms with Crippen LogP contribution < -0.4 is 15.2 Å². The maximum Gasteiger partial charge on any atom is 0.353 e. The second-order valence-corrected chi connectivity index (χ2v) is 16.1. The van der Waals surface area contributed by atoms with Gasteiger partial charge in [0.2, 0.25) is 15.9 Å². The number of carbonyl (C=O) groups excluding carboxylic acids is 2. The lowest BCUT2D eigenvalue weighted by atomic mass is 9.79. The molecule has 0 radical (unpaired) electrons. The van der Waals surface area contributed by atoms with Gasteiger partial charge in [0.25, 0.3) is 5.91 Å². The van der Waals surface area contributed by atoms with Crippen LogP contribution in [-0.2, 0) is 33.8 Å². The first kappa shape index (κ1) is 36.1. The molecule has 14 heteroatoms. The van der Waals surface area contributed by atoms with E-state index in [1.807, 2.05) is 43.9 Å². The number of nitrogens with zero attached hydrogens (tertiary/aromatic N) is 4. The van der Waals surface area contributed by atoms with E-state index in [1.165, 1.54) is 7.11 Å². The molecule has 2 fully saturated rings. The number of likely N-dealkylation sites (tertiary alicyclic amines) is 1. The van der Waals surface area contributed by atoms with Crippen LogP contribution in [-0.4, -0.2) is 110 Å². The fourth-order valence-electron chi connectivity index (χ4n) is 7.30. The maximum atomic E-state index is 13.3. The number of carboxylic acid groups (broad SMARTS) is 1. The Hall–Kier alpha value is -4.14. The van der Waals surface area contributed by atoms with Gasteiger partial charge in [0.05, 0.1) is 30.1 Å². The molecular weight excluding hydrogens is 648 g/mol. The van der Waals surface area contributed by atoms with Crippen molar-refractivity contribution in [3.63, 3.8) is 0 Å². The summed E-state index contributed by atoms with van der Waals surface area (Å²) in [6, 6.07) is 7.21. The lowest BCUT2D eigenvalue weighted by Gasteiger charge is -2.38. The van der Waals surface area contributed by atoms with E-state index >= 15 is 0 Å². The molecule has 2 aromatic carbocycles. The van der Waals surface area contributed by atoms with Crippen molar-refractivity contribution >= 4 is 44.4 Å². The summed E-state index contributed by atoms with van der Waals surface area (Å²) in [6.07, 6.45) is 2.74. The van der Waals surface area contributed by atoms with Crippen LogP contribution in [0.25, 0.3) is 22.0 Å². The Morgan fingerprint density at radius 1 is 1.02 bits per heavy atom. The molecule has 49 heavy (non-hydrogen) atoms. The smallest absolute Gasteiger partial charge is 0.353 e. The van der Waals surface area contributed by atoms with Crippen molar-refractivity contribution < 1.29 is 32.6 Å². The minimum Gasteiger partial charge on any atom is -0.494 e. The molecule has 0 atom stereocenters. The lowest BCUT2D eigenvalue weighted by molar-refractivity contribution is -0.138. The van der Waals surface area contributed by atoms with Crippen molar-refractivity contribution in [1.29, 1.82) is 0 Å². The largest absolute Gasteiger partial charge is 0.494 e. The summed E-state index contributed by atoms with van der Waals surface area (Å²) in [6.45, 7) is 10.7. The molecule has 0 spiro atoms. The van der Waals surface area contributed by atoms with Crippen molar-refractivity contribution in [2.24, 2.45) is 18.7 Å². The molecule has 0 saturated carbocycles. The maximum absolute atomic E-state index is 13.3. The van der Waals surface area contributed by atoms with Crippen LogP contribution in [0, 0.1) is 5.92 Å². The number of piperidine rings is 1. The molecule has 0 unspecified atom stereocenters. The highest BCUT2D eigenvalue weighted by Crippen LogP contribution is 2.49. The van der Waals surface area contributed by atoms with E-state index < -0.39 is 27.3 Å². The highest BCUT2D eigenvalue weighted by Gasteiger charge is 2.35. The molecule has 0 aliphatic carbocycles. The van der Waals surface area contributed by atoms with Gasteiger partial charge in [0.1, 0.15) is 5.69 Å². The summed E-state index contributed by atoms with van der Waals surface area (Å²) in [7, 11) is 1.13. The Kier molecular flexibility index (Phi) is 10.1. The highest BCUT2D eigenvalue weighted by atomic mass is 32.2. The predicted molar refractivity (Wildman–Crippen MR) is 190 cm³/mol. The van der Waals surface area contributed by atoms with Crippen molar-refractivity contribution in [1.82, 2.24) is 19.3 Å². The quantitative estimate of drug-likeness (QED) is 0.304. The van der Waals surface area contributed by atoms with Crippen molar-refractivity contribution in [3.8, 4) is 16.9 Å². The van der Waals surface area contributed by atoms with E-state index in [0.717, 1.165) is 37.8 Å². The Balaban J connectivity index is 1.62. The zero-order chi connectivity index (χ0) is 36.0. The molecule has 4 N–H and O–H groups in total. The minimum absolute atomic E-state index is 0.0337. The number of nitrogens with one attached hydrogen (secondary N) is 1. The van der Waals surface area contributed by atoms with Crippen molar-refractivity contribution in [3.05, 3.63) is 46.6 Å². The summed E-state index contributed by atoms with van der Waals surface area (Å²) in [4.78, 5) is 45.5. The number of anilines is 1. The standard InChI is InChI=1S/C35H48N6O7S/c1-35(2,3)25-19-24(32(36)42)31(48-6)28(37-49(7,46)47)27(25)26-23-10-8-9-22(29(23)39(5)30(26)34(44)45)20-40-15-17-41(18-16-40)33(43)21-11-13-38(4)14-12-21/h8-10,19,21,37H,11-18,20H2,1-7H3,(H2,36,42)(H,44,45). The summed E-state index contributed by atoms with van der Waals surface area (Å²) < 4.78 is 35.3. The van der Waals surface area contributed by atoms with Crippen LogP contribution in [0.3, 0.4) is 0 Å². The van der Waals surface area contributed by atoms with Gasteiger partial charge in [-0.2, -0.15) is 0 Å². The second kappa shape index (κ2) is 13.6. The van der Waals surface area contributed by atoms with Gasteiger partial charge in [-0.1, -0.05) is 39.0 Å². The number of para-hydroxylation sites is 1. The molecule has 13 nitrogen and oxygen atoms in total. The average molecular weight is 697 g/mol. The SMILES string of the molecule is COc1c(C(N)=O)cc(C(C)(C)C)c(-c2c(C(=O)O)n(C)c3c(CN4CCN(C(=O)C5CCN(C)CC5)CC4)cccc23)c1NS(C)(=O)=O. The van der Waals surface area contributed by atoms with Crippen LogP contribution in [0.2, 0.25) is 0 Å². The number of piperazine rings is 1. The number of fused-ring (bicyclic) bond motifs is 1. The van der Waals surface area contributed by atoms with Crippen LogP contribution in [0.5, 0.6) is 5.75 Å². The van der Waals surface area contributed by atoms with E-state index in [-0.39, 0.29) is 34.5 Å². The van der Waals surface area contributed by atoms with E-state index in [0.29, 0.717) is 60.3 Å². The molecule has 1 aromatic heterocycles. The number of aryl methyl sites for hydroxylation is 1. The van der Waals surface area contributed by atoms with E-state index in [1.54, 1.807) is 17.7 Å². The second-order valence-electron chi connectivity index (χ2n) is 14.3. The number of methoxy groups -OCH3 is 1. The summed E-state index contributed by atoms with van der Waals surface area (Å²) in [5, 5.41) is 11.3. The zero-order valence-corrected chi connectivity index (χ0v) is 30.2. The first-order valence-electron chi connectivity index (χ1n) is 16.5. The van der Waals surface area contributed by atoms with Crippen LogP contribution >= 0.6 is 0 Å². The first-order chi connectivity index (χ1) is 22.9. The van der Waals surface area contributed by atoms with E-state index in [4.69, 9.17) is 10.5 Å². The highest BCUT2D eigenvalue weighted by molar-refractivity contribution is 7.92. The van der Waals surface area contributed by atoms with Gasteiger partial charge in [-0.3, -0.25) is 19.2 Å². The van der Waals surface area contributed by atoms with Gasteiger partial charge in [-0.05, 0) is 55.6 Å². The molecule has 3 heterocycles. The third kappa shape index (κ3) is 7.26. The van der Waals surface area contributed by atoms with Gasteiger partial charge in [0.15, 0.2) is 5.75 Å². The number of amides is 2. The number of ether oxygens (including phenoxy) is 1. The van der Waals surface area contributed by atoms with Gasteiger partial charge in [0, 0.05) is 62.2 Å². The molecule has 0 bridgehead atoms. The summed E-state index contributed by atoms with van der Waals surface area (Å²) in [5.74, 6) is -1.82. The number of nitrogens with two attached hydrogens (primary N) is 1. The topological polar surface area (TPSA) is 168 Å². The Bertz CT molecular complexity index is 1900. The number of benzene rings is 2. The predicted octanol–water partition coefficient (Wildman–Crippen LogP) is 3.31. The third-order valence-electron chi connectivity index (χ3n) is 9.74. The van der Waals surface area contributed by atoms with Gasteiger partial charge in [-0.15, -0.1) is 0 Å². The van der Waals surface area contributed by atoms with Crippen molar-refractivity contribution in [2.75, 3.05) is 64.4 Å². The average Bonchev–Trinajstić information content (AvgIpc) is 3.32. The van der Waals surface area contributed by atoms with Crippen molar-refractivity contribution in [2.45, 2.75) is 45.6 Å². The van der Waals surface area contributed by atoms with E-state index in [9.17, 15) is 27.9 Å². The molecule has 2 saturated heterocycles. The molecule has 2 aliphatic rings. The normalized spacial score (nSPS) is 17.0. The Morgan fingerprint density at radius 2 is 1.65 bits per heavy atom. The fourth-order valence-corrected chi connectivity index (χ4v) is 7.87. The van der Waals surface area contributed by atoms with Gasteiger partial charge >= 0.3 is 5.97 Å². The lowest BCUT2D eigenvalue weighted by Crippen LogP contribution is -2.51. The van der Waals surface area contributed by atoms with Crippen LogP contribution in [0.15, 0.2) is 24.3 Å². The molecule has 2 amide bonds. The molecule has 266 valence electrons. The zero-order valence-electron chi connectivity index (χ0n) is 29.4. The molecule has 5 rings (SSSR count). The molecule has 2 aliphatic heterocycles. The van der Waals surface area contributed by atoms with Crippen LogP contribution in [0.4, 0.5) is 5.69 Å². The number of hydrogen-bond acceptors (Lipinski definition) is 8. The number of aromatic nitrogens is 1.